The fourth-order valence-corrected chi connectivity index (χ4v) is 5.85. The summed E-state index contributed by atoms with van der Waals surface area (Å²) in [6, 6.07) is 14.5. The SMILES string of the molecule is Nc1nc(C(=O)N2C[C@H]3CC3[C@H]2CNC(=O)c2cccc(Br)c2)c(-c2cccc(Cl)c2)s1. The monoisotopic (exact) mass is 530 g/mol. The highest BCUT2D eigenvalue weighted by atomic mass is 79.9. The number of rotatable bonds is 5. The van der Waals surface area contributed by atoms with E-state index in [0.29, 0.717) is 51.2 Å². The molecule has 2 heterocycles. The van der Waals surface area contributed by atoms with Gasteiger partial charge in [0, 0.05) is 28.1 Å². The Morgan fingerprint density at radius 1 is 1.25 bits per heavy atom. The molecule has 6 nitrogen and oxygen atoms in total. The Morgan fingerprint density at radius 3 is 2.84 bits per heavy atom. The van der Waals surface area contributed by atoms with E-state index in [1.165, 1.54) is 11.3 Å². The summed E-state index contributed by atoms with van der Waals surface area (Å²) in [4.78, 5) is 33.1. The fourth-order valence-electron chi connectivity index (χ4n) is 4.44. The summed E-state index contributed by atoms with van der Waals surface area (Å²) < 4.78 is 0.847. The molecule has 2 fully saturated rings. The minimum Gasteiger partial charge on any atom is -0.375 e. The quantitative estimate of drug-likeness (QED) is 0.500. The molecule has 1 unspecified atom stereocenters. The van der Waals surface area contributed by atoms with Gasteiger partial charge in [0.2, 0.25) is 0 Å². The van der Waals surface area contributed by atoms with E-state index < -0.39 is 0 Å². The van der Waals surface area contributed by atoms with E-state index in [2.05, 4.69) is 26.2 Å². The van der Waals surface area contributed by atoms with Crippen molar-refractivity contribution in [2.45, 2.75) is 12.5 Å². The summed E-state index contributed by atoms with van der Waals surface area (Å²) in [6.45, 7) is 1.08. The zero-order valence-electron chi connectivity index (χ0n) is 16.9. The third kappa shape index (κ3) is 4.14. The second kappa shape index (κ2) is 8.50. The summed E-state index contributed by atoms with van der Waals surface area (Å²) in [5.41, 5.74) is 7.73. The Labute approximate surface area is 202 Å². The molecule has 3 atom stereocenters. The molecule has 1 aliphatic heterocycles. The fraction of sp³-hybridized carbons (Fsp3) is 0.261. The number of aromatic nitrogens is 1. The predicted molar refractivity (Wildman–Crippen MR) is 130 cm³/mol. The molecule has 164 valence electrons. The van der Waals surface area contributed by atoms with Crippen LogP contribution >= 0.6 is 38.9 Å². The van der Waals surface area contributed by atoms with Crippen LogP contribution in [0.25, 0.3) is 10.4 Å². The molecule has 0 bridgehead atoms. The molecule has 1 aromatic heterocycles. The van der Waals surface area contributed by atoms with Gasteiger partial charge in [-0.1, -0.05) is 57.1 Å². The first-order chi connectivity index (χ1) is 15.4. The second-order valence-corrected chi connectivity index (χ2v) is 10.5. The van der Waals surface area contributed by atoms with Gasteiger partial charge in [-0.05, 0) is 54.2 Å². The normalized spacial score (nSPS) is 21.3. The van der Waals surface area contributed by atoms with Crippen molar-refractivity contribution in [1.29, 1.82) is 0 Å². The van der Waals surface area contributed by atoms with Gasteiger partial charge in [0.25, 0.3) is 11.8 Å². The van der Waals surface area contributed by atoms with Gasteiger partial charge in [0.1, 0.15) is 5.69 Å². The lowest BCUT2D eigenvalue weighted by atomic mass is 10.1. The number of fused-ring (bicyclic) bond motifs is 1. The van der Waals surface area contributed by atoms with Crippen LogP contribution in [0.1, 0.15) is 27.3 Å². The number of anilines is 1. The van der Waals surface area contributed by atoms with E-state index in [4.69, 9.17) is 17.3 Å². The maximum absolute atomic E-state index is 13.5. The second-order valence-electron chi connectivity index (χ2n) is 8.15. The molecular formula is C23H20BrClN4O2S. The van der Waals surface area contributed by atoms with Gasteiger partial charge >= 0.3 is 0 Å². The summed E-state index contributed by atoms with van der Waals surface area (Å²) in [7, 11) is 0. The number of likely N-dealkylation sites (tertiary alicyclic amines) is 1. The van der Waals surface area contributed by atoms with Gasteiger partial charge in [0.05, 0.1) is 10.9 Å². The zero-order valence-corrected chi connectivity index (χ0v) is 20.1. The number of amides is 2. The standard InChI is InChI=1S/C23H20BrClN4O2S/c24-15-5-1-4-13(7-15)21(30)27-10-18-17-9-14(17)11-29(18)22(31)19-20(32-23(26)28-19)12-3-2-6-16(25)8-12/h1-8,14,17-18H,9-11H2,(H2,26,28)(H,27,30)/t14-,17?,18-/m1/s1. The molecule has 0 radical (unpaired) electrons. The highest BCUT2D eigenvalue weighted by Crippen LogP contribution is 2.50. The molecule has 2 aliphatic rings. The van der Waals surface area contributed by atoms with E-state index in [-0.39, 0.29) is 17.9 Å². The topological polar surface area (TPSA) is 88.3 Å². The van der Waals surface area contributed by atoms with Gasteiger partial charge < -0.3 is 16.0 Å². The lowest BCUT2D eigenvalue weighted by Crippen LogP contribution is -2.45. The highest BCUT2D eigenvalue weighted by Gasteiger charge is 2.54. The number of carbonyl (C=O) groups excluding carboxylic acids is 2. The number of thiazole rings is 1. The number of halogens is 2. The minimum absolute atomic E-state index is 0.0567. The number of nitrogens with two attached hydrogens (primary N) is 1. The molecule has 9 heteroatoms. The Balaban J connectivity index is 1.36. The van der Waals surface area contributed by atoms with Crippen LogP contribution in [0.4, 0.5) is 5.13 Å². The number of benzene rings is 2. The van der Waals surface area contributed by atoms with Crippen LogP contribution in [0.2, 0.25) is 5.02 Å². The average molecular weight is 532 g/mol. The van der Waals surface area contributed by atoms with Gasteiger partial charge in [-0.25, -0.2) is 4.98 Å². The number of hydrogen-bond donors (Lipinski definition) is 2. The molecule has 5 rings (SSSR count). The minimum atomic E-state index is -0.152. The van der Waals surface area contributed by atoms with Gasteiger partial charge in [-0.15, -0.1) is 0 Å². The van der Waals surface area contributed by atoms with Crippen LogP contribution < -0.4 is 11.1 Å². The van der Waals surface area contributed by atoms with E-state index in [9.17, 15) is 9.59 Å². The Kier molecular flexibility index (Phi) is 5.69. The van der Waals surface area contributed by atoms with Crippen molar-refractivity contribution < 1.29 is 9.59 Å². The number of hydrogen-bond acceptors (Lipinski definition) is 5. The van der Waals surface area contributed by atoms with Crippen LogP contribution in [0.3, 0.4) is 0 Å². The summed E-state index contributed by atoms with van der Waals surface area (Å²) in [5.74, 6) is 0.590. The van der Waals surface area contributed by atoms with Crippen LogP contribution in [0.15, 0.2) is 53.0 Å². The Morgan fingerprint density at radius 2 is 2.06 bits per heavy atom. The molecular weight excluding hydrogens is 512 g/mol. The molecule has 2 aromatic carbocycles. The number of nitrogens with one attached hydrogen (secondary N) is 1. The van der Waals surface area contributed by atoms with E-state index in [1.54, 1.807) is 18.2 Å². The van der Waals surface area contributed by atoms with Gasteiger partial charge in [-0.3, -0.25) is 9.59 Å². The summed E-state index contributed by atoms with van der Waals surface area (Å²) in [6.07, 6.45) is 1.08. The maximum atomic E-state index is 13.5. The third-order valence-electron chi connectivity index (χ3n) is 6.06. The largest absolute Gasteiger partial charge is 0.375 e. The molecule has 1 saturated carbocycles. The van der Waals surface area contributed by atoms with E-state index >= 15 is 0 Å². The smallest absolute Gasteiger partial charge is 0.274 e. The van der Waals surface area contributed by atoms with Crippen molar-refractivity contribution in [3.05, 3.63) is 69.3 Å². The average Bonchev–Trinajstić information content (AvgIpc) is 3.28. The van der Waals surface area contributed by atoms with E-state index in [1.807, 2.05) is 35.2 Å². The van der Waals surface area contributed by atoms with Crippen molar-refractivity contribution in [3.8, 4) is 10.4 Å². The van der Waals surface area contributed by atoms with Gasteiger partial charge in [-0.2, -0.15) is 0 Å². The van der Waals surface area contributed by atoms with Crippen LogP contribution in [0.5, 0.6) is 0 Å². The van der Waals surface area contributed by atoms with Crippen LogP contribution in [-0.4, -0.2) is 40.8 Å². The number of nitrogen functional groups attached to an aromatic ring is 1. The molecule has 1 aliphatic carbocycles. The maximum Gasteiger partial charge on any atom is 0.274 e. The Hall–Kier alpha value is -2.42. The molecule has 32 heavy (non-hydrogen) atoms. The summed E-state index contributed by atoms with van der Waals surface area (Å²) in [5, 5.41) is 3.93. The van der Waals surface area contributed by atoms with Crippen molar-refractivity contribution in [1.82, 2.24) is 15.2 Å². The van der Waals surface area contributed by atoms with Crippen LogP contribution in [0, 0.1) is 11.8 Å². The number of carbonyl (C=O) groups is 2. The first kappa shape index (κ1) is 21.4. The zero-order chi connectivity index (χ0) is 22.4. The summed E-state index contributed by atoms with van der Waals surface area (Å²) >= 11 is 10.8. The molecule has 3 aromatic rings. The third-order valence-corrected chi connectivity index (χ3v) is 7.72. The van der Waals surface area contributed by atoms with E-state index in [0.717, 1.165) is 16.5 Å². The van der Waals surface area contributed by atoms with Crippen molar-refractivity contribution >= 4 is 55.8 Å². The number of nitrogens with zero attached hydrogens (tertiary/aromatic N) is 2. The van der Waals surface area contributed by atoms with Crippen molar-refractivity contribution in [2.75, 3.05) is 18.8 Å². The molecule has 1 saturated heterocycles. The van der Waals surface area contributed by atoms with Crippen molar-refractivity contribution in [3.63, 3.8) is 0 Å². The first-order valence-electron chi connectivity index (χ1n) is 10.3. The van der Waals surface area contributed by atoms with Crippen molar-refractivity contribution in [2.24, 2.45) is 11.8 Å². The first-order valence-corrected chi connectivity index (χ1v) is 12.3. The predicted octanol–water partition coefficient (Wildman–Crippen LogP) is 4.70. The lowest BCUT2D eigenvalue weighted by molar-refractivity contribution is 0.0691. The molecule has 3 N–H and O–H groups in total. The Bertz CT molecular complexity index is 1220. The molecule has 2 amide bonds. The van der Waals surface area contributed by atoms with Crippen LogP contribution in [-0.2, 0) is 0 Å². The number of piperidine rings is 1. The van der Waals surface area contributed by atoms with Gasteiger partial charge in [0.15, 0.2) is 5.13 Å². The lowest BCUT2D eigenvalue weighted by Gasteiger charge is -2.27. The molecule has 0 spiro atoms. The highest BCUT2D eigenvalue weighted by molar-refractivity contribution is 9.10.